The van der Waals surface area contributed by atoms with Gasteiger partial charge in [0.2, 0.25) is 10.0 Å². The minimum absolute atomic E-state index is 0.344. The Hall–Kier alpha value is -0.850. The lowest BCUT2D eigenvalue weighted by atomic mass is 10.2. The van der Waals surface area contributed by atoms with Crippen LogP contribution in [0.15, 0.2) is 17.2 Å². The molecule has 0 bridgehead atoms. The maximum absolute atomic E-state index is 12.4. The van der Waals surface area contributed by atoms with E-state index in [2.05, 4.69) is 31.1 Å². The first-order chi connectivity index (χ1) is 9.37. The first kappa shape index (κ1) is 17.2. The van der Waals surface area contributed by atoms with Crippen LogP contribution in [0, 0.1) is 0 Å². The van der Waals surface area contributed by atoms with E-state index in [9.17, 15) is 8.42 Å². The molecule has 0 saturated heterocycles. The van der Waals surface area contributed by atoms with Gasteiger partial charge in [0.15, 0.2) is 0 Å². The van der Waals surface area contributed by atoms with Crippen molar-refractivity contribution >= 4 is 10.0 Å². The van der Waals surface area contributed by atoms with Gasteiger partial charge in [-0.1, -0.05) is 33.6 Å². The minimum Gasteiger partial charge on any atom is -0.363 e. The van der Waals surface area contributed by atoms with Crippen LogP contribution in [0.3, 0.4) is 0 Å². The molecule has 0 spiro atoms. The van der Waals surface area contributed by atoms with Gasteiger partial charge in [-0.05, 0) is 12.5 Å². The van der Waals surface area contributed by atoms with Crippen molar-refractivity contribution in [3.05, 3.63) is 18.0 Å². The van der Waals surface area contributed by atoms with Crippen molar-refractivity contribution in [1.29, 1.82) is 0 Å². The number of aromatic amines is 1. The van der Waals surface area contributed by atoms with E-state index in [4.69, 9.17) is 0 Å². The smallest absolute Gasteiger partial charge is 0.244 e. The molecule has 0 aromatic carbocycles. The van der Waals surface area contributed by atoms with Crippen LogP contribution in [0.5, 0.6) is 0 Å². The summed E-state index contributed by atoms with van der Waals surface area (Å²) in [5, 5.41) is 3.26. The van der Waals surface area contributed by atoms with Gasteiger partial charge in [0.25, 0.3) is 0 Å². The topological polar surface area (TPSA) is 65.2 Å². The number of nitrogens with one attached hydrogen (secondary N) is 2. The molecule has 0 fully saturated rings. The Morgan fingerprint density at radius 3 is 2.65 bits per heavy atom. The molecule has 0 saturated carbocycles. The van der Waals surface area contributed by atoms with Gasteiger partial charge in [-0.25, -0.2) is 12.7 Å². The van der Waals surface area contributed by atoms with E-state index in [1.165, 1.54) is 4.31 Å². The second kappa shape index (κ2) is 7.81. The zero-order chi connectivity index (χ0) is 15.2. The Bertz CT molecular complexity index is 494. The number of H-pyrrole nitrogens is 1. The third kappa shape index (κ3) is 4.92. The average molecular weight is 301 g/mol. The van der Waals surface area contributed by atoms with Gasteiger partial charge in [0, 0.05) is 38.1 Å². The number of sulfonamides is 1. The normalized spacial score (nSPS) is 12.5. The van der Waals surface area contributed by atoms with E-state index in [1.807, 2.05) is 0 Å². The molecule has 0 radical (unpaired) electrons. The van der Waals surface area contributed by atoms with Crippen molar-refractivity contribution in [3.8, 4) is 0 Å². The molecule has 5 nitrogen and oxygen atoms in total. The Balaban J connectivity index is 2.67. The second-order valence-electron chi connectivity index (χ2n) is 5.43. The van der Waals surface area contributed by atoms with Gasteiger partial charge >= 0.3 is 0 Å². The average Bonchev–Trinajstić information content (AvgIpc) is 2.86. The highest BCUT2D eigenvalue weighted by atomic mass is 32.2. The van der Waals surface area contributed by atoms with Crippen LogP contribution in [0.4, 0.5) is 0 Å². The van der Waals surface area contributed by atoms with E-state index in [0.29, 0.717) is 24.0 Å². The van der Waals surface area contributed by atoms with E-state index < -0.39 is 10.0 Å². The molecule has 2 N–H and O–H groups in total. The lowest BCUT2D eigenvalue weighted by Gasteiger charge is -2.15. The molecule has 0 amide bonds. The molecule has 0 unspecified atom stereocenters. The fraction of sp³-hybridized carbons (Fsp3) is 0.714. The predicted molar refractivity (Wildman–Crippen MR) is 82.1 cm³/mol. The molecule has 116 valence electrons. The molecular formula is C14H27N3O2S. The van der Waals surface area contributed by atoms with Crippen LogP contribution >= 0.6 is 0 Å². The molecule has 1 rings (SSSR count). The Morgan fingerprint density at radius 1 is 1.35 bits per heavy atom. The molecule has 0 aliphatic rings. The Labute approximate surface area is 122 Å². The van der Waals surface area contributed by atoms with Crippen LogP contribution in [-0.4, -0.2) is 37.3 Å². The monoisotopic (exact) mass is 301 g/mol. The molecule has 0 aliphatic heterocycles. The third-order valence-electron chi connectivity index (χ3n) is 3.20. The highest BCUT2D eigenvalue weighted by Gasteiger charge is 2.21. The van der Waals surface area contributed by atoms with Crippen LogP contribution in [0.2, 0.25) is 0 Å². The standard InChI is InChI=1S/C14H27N3O2S/c1-5-6-7-8-17(4)20(18,19)14-9-13(16-11-14)10-15-12(2)3/h9,11-12,15-16H,5-8,10H2,1-4H3. The summed E-state index contributed by atoms with van der Waals surface area (Å²) in [6, 6.07) is 2.08. The molecule has 20 heavy (non-hydrogen) atoms. The number of hydrogen-bond donors (Lipinski definition) is 2. The Morgan fingerprint density at radius 2 is 2.05 bits per heavy atom. The summed E-state index contributed by atoms with van der Waals surface area (Å²) in [4.78, 5) is 3.37. The first-order valence-electron chi connectivity index (χ1n) is 7.25. The third-order valence-corrected chi connectivity index (χ3v) is 5.04. The summed E-state index contributed by atoms with van der Waals surface area (Å²) in [5.41, 5.74) is 0.888. The summed E-state index contributed by atoms with van der Waals surface area (Å²) in [6.45, 7) is 7.44. The van der Waals surface area contributed by atoms with Crippen LogP contribution < -0.4 is 5.32 Å². The van der Waals surface area contributed by atoms with E-state index in [1.54, 1.807) is 19.3 Å². The van der Waals surface area contributed by atoms with Gasteiger partial charge in [-0.15, -0.1) is 0 Å². The fourth-order valence-corrected chi connectivity index (χ4v) is 3.10. The van der Waals surface area contributed by atoms with Gasteiger partial charge in [-0.2, -0.15) is 0 Å². The lowest BCUT2D eigenvalue weighted by molar-refractivity contribution is 0.454. The van der Waals surface area contributed by atoms with Crippen molar-refractivity contribution in [3.63, 3.8) is 0 Å². The molecule has 1 aromatic heterocycles. The maximum Gasteiger partial charge on any atom is 0.244 e. The molecule has 1 heterocycles. The fourth-order valence-electron chi connectivity index (χ4n) is 1.87. The molecular weight excluding hydrogens is 274 g/mol. The van der Waals surface area contributed by atoms with Crippen molar-refractivity contribution in [2.24, 2.45) is 0 Å². The first-order valence-corrected chi connectivity index (χ1v) is 8.69. The predicted octanol–water partition coefficient (Wildman–Crippen LogP) is 2.32. The number of rotatable bonds is 9. The zero-order valence-electron chi connectivity index (χ0n) is 12.9. The van der Waals surface area contributed by atoms with Gasteiger partial charge in [0.05, 0.1) is 4.90 Å². The molecule has 6 heteroatoms. The van der Waals surface area contributed by atoms with Gasteiger partial charge in [-0.3, -0.25) is 0 Å². The zero-order valence-corrected chi connectivity index (χ0v) is 13.8. The lowest BCUT2D eigenvalue weighted by Crippen LogP contribution is -2.27. The molecule has 0 aliphatic carbocycles. The highest BCUT2D eigenvalue weighted by molar-refractivity contribution is 7.89. The molecule has 1 aromatic rings. The molecule has 0 atom stereocenters. The van der Waals surface area contributed by atoms with E-state index in [0.717, 1.165) is 25.0 Å². The van der Waals surface area contributed by atoms with Crippen molar-refractivity contribution in [1.82, 2.24) is 14.6 Å². The number of aromatic nitrogens is 1. The minimum atomic E-state index is -3.36. The summed E-state index contributed by atoms with van der Waals surface area (Å²) in [5.74, 6) is 0. The summed E-state index contributed by atoms with van der Waals surface area (Å²) >= 11 is 0. The second-order valence-corrected chi connectivity index (χ2v) is 7.47. The van der Waals surface area contributed by atoms with Gasteiger partial charge < -0.3 is 10.3 Å². The van der Waals surface area contributed by atoms with Crippen LogP contribution in [0.1, 0.15) is 45.7 Å². The summed E-state index contributed by atoms with van der Waals surface area (Å²) in [6.07, 6.45) is 4.61. The summed E-state index contributed by atoms with van der Waals surface area (Å²) < 4.78 is 26.2. The SMILES string of the molecule is CCCCCN(C)S(=O)(=O)c1c[nH]c(CNC(C)C)c1. The number of nitrogens with zero attached hydrogens (tertiary/aromatic N) is 1. The largest absolute Gasteiger partial charge is 0.363 e. The quantitative estimate of drug-likeness (QED) is 0.688. The van der Waals surface area contributed by atoms with Crippen molar-refractivity contribution in [2.75, 3.05) is 13.6 Å². The summed E-state index contributed by atoms with van der Waals surface area (Å²) in [7, 11) is -1.72. The van der Waals surface area contributed by atoms with Gasteiger partial charge in [0.1, 0.15) is 0 Å². The van der Waals surface area contributed by atoms with E-state index >= 15 is 0 Å². The van der Waals surface area contributed by atoms with Crippen LogP contribution in [0.25, 0.3) is 0 Å². The van der Waals surface area contributed by atoms with E-state index in [-0.39, 0.29) is 0 Å². The maximum atomic E-state index is 12.4. The van der Waals surface area contributed by atoms with Crippen molar-refractivity contribution in [2.45, 2.75) is 57.5 Å². The Kier molecular flexibility index (Phi) is 6.71. The van der Waals surface area contributed by atoms with Crippen LogP contribution in [-0.2, 0) is 16.6 Å². The highest BCUT2D eigenvalue weighted by Crippen LogP contribution is 2.16. The van der Waals surface area contributed by atoms with Crippen molar-refractivity contribution < 1.29 is 8.42 Å². The number of unbranched alkanes of at least 4 members (excludes halogenated alkanes) is 2. The number of hydrogen-bond acceptors (Lipinski definition) is 3.